The third-order valence-corrected chi connectivity index (χ3v) is 8.19. The summed E-state index contributed by atoms with van der Waals surface area (Å²) in [5, 5.41) is 15.8. The summed E-state index contributed by atoms with van der Waals surface area (Å²) in [4.78, 5) is 50.2. The van der Waals surface area contributed by atoms with Crippen LogP contribution in [-0.2, 0) is 9.59 Å². The van der Waals surface area contributed by atoms with E-state index in [0.717, 1.165) is 51.4 Å². The predicted molar refractivity (Wildman–Crippen MR) is 133 cm³/mol. The second-order valence-corrected chi connectivity index (χ2v) is 11.7. The van der Waals surface area contributed by atoms with E-state index in [1.54, 1.807) is 4.90 Å². The van der Waals surface area contributed by atoms with Gasteiger partial charge >= 0.3 is 0 Å². The average molecular weight is 495 g/mol. The van der Waals surface area contributed by atoms with Gasteiger partial charge in [-0.05, 0) is 48.9 Å². The number of nitrogens with zero attached hydrogens (tertiary/aromatic N) is 4. The van der Waals surface area contributed by atoms with Crippen LogP contribution in [0.1, 0.15) is 82.6 Å². The van der Waals surface area contributed by atoms with Gasteiger partial charge in [0.25, 0.3) is 5.91 Å². The smallest absolute Gasteiger partial charge is 0.272 e. The zero-order valence-corrected chi connectivity index (χ0v) is 21.6. The number of fused-ring (bicyclic) bond motifs is 1. The molecule has 194 valence electrons. The van der Waals surface area contributed by atoms with Crippen molar-refractivity contribution in [3.05, 3.63) is 24.3 Å². The highest BCUT2D eigenvalue weighted by Gasteiger charge is 2.49. The van der Waals surface area contributed by atoms with E-state index in [-0.39, 0.29) is 29.3 Å². The molecule has 1 aliphatic heterocycles. The van der Waals surface area contributed by atoms with Crippen LogP contribution in [0.2, 0.25) is 0 Å². The third kappa shape index (κ3) is 5.53. The van der Waals surface area contributed by atoms with Gasteiger partial charge in [0.15, 0.2) is 0 Å². The first-order valence-corrected chi connectivity index (χ1v) is 13.3. The molecule has 0 aromatic carbocycles. The van der Waals surface area contributed by atoms with Crippen LogP contribution in [0.3, 0.4) is 0 Å². The molecule has 2 heterocycles. The van der Waals surface area contributed by atoms with Gasteiger partial charge in [-0.15, -0.1) is 0 Å². The lowest BCUT2D eigenvalue weighted by Gasteiger charge is -2.37. The van der Waals surface area contributed by atoms with E-state index in [9.17, 15) is 19.6 Å². The van der Waals surface area contributed by atoms with E-state index in [2.05, 4.69) is 26.7 Å². The van der Waals surface area contributed by atoms with E-state index in [1.165, 1.54) is 18.6 Å². The first-order chi connectivity index (χ1) is 17.2. The molecule has 5 atom stereocenters. The van der Waals surface area contributed by atoms with E-state index in [0.29, 0.717) is 12.5 Å². The molecule has 0 spiro atoms. The lowest BCUT2D eigenvalue weighted by Crippen LogP contribution is -2.60. The zero-order chi connectivity index (χ0) is 25.9. The maximum absolute atomic E-state index is 13.8. The van der Waals surface area contributed by atoms with E-state index < -0.39 is 29.4 Å². The Morgan fingerprint density at radius 3 is 2.44 bits per heavy atom. The molecular formula is C27H38N6O3. The Bertz CT molecular complexity index is 995. The number of carbonyl (C=O) groups is 3. The Kier molecular flexibility index (Phi) is 7.91. The van der Waals surface area contributed by atoms with Gasteiger partial charge in [-0.1, -0.05) is 46.5 Å². The molecule has 0 radical (unpaired) electrons. The molecule has 1 saturated heterocycles. The van der Waals surface area contributed by atoms with Gasteiger partial charge in [0.05, 0.1) is 12.3 Å². The summed E-state index contributed by atoms with van der Waals surface area (Å²) >= 11 is 0. The number of hydrogen-bond donors (Lipinski definition) is 2. The Labute approximate surface area is 213 Å². The summed E-state index contributed by atoms with van der Waals surface area (Å²) in [5.41, 5.74) is -0.425. The molecule has 9 heteroatoms. The minimum absolute atomic E-state index is 0.0203. The van der Waals surface area contributed by atoms with Crippen LogP contribution in [0.25, 0.3) is 0 Å². The molecular weight excluding hydrogens is 456 g/mol. The topological polar surface area (TPSA) is 128 Å². The Morgan fingerprint density at radius 2 is 1.81 bits per heavy atom. The second-order valence-electron chi connectivity index (χ2n) is 11.7. The van der Waals surface area contributed by atoms with Crippen LogP contribution < -0.4 is 10.6 Å². The fourth-order valence-electron chi connectivity index (χ4n) is 6.24. The van der Waals surface area contributed by atoms with Gasteiger partial charge in [-0.25, -0.2) is 4.98 Å². The van der Waals surface area contributed by atoms with E-state index in [1.807, 2.05) is 20.8 Å². The monoisotopic (exact) mass is 494 g/mol. The van der Waals surface area contributed by atoms with Gasteiger partial charge in [-0.2, -0.15) is 5.26 Å². The largest absolute Gasteiger partial charge is 0.342 e. The molecule has 4 rings (SSSR count). The van der Waals surface area contributed by atoms with Crippen molar-refractivity contribution in [3.63, 3.8) is 0 Å². The maximum atomic E-state index is 13.8. The SMILES string of the molecule is CC(C)(C)[C@H](NC(=O)[C@@H](NC(=O)c1cnccn1)C1CCCCC1)C(=O)N1CC2CCCC2C1C#N. The minimum Gasteiger partial charge on any atom is -0.342 e. The van der Waals surface area contributed by atoms with Crippen molar-refractivity contribution in [2.24, 2.45) is 23.2 Å². The number of nitriles is 1. The van der Waals surface area contributed by atoms with Crippen molar-refractivity contribution in [2.75, 3.05) is 6.54 Å². The fraction of sp³-hybridized carbons (Fsp3) is 0.704. The first-order valence-electron chi connectivity index (χ1n) is 13.3. The van der Waals surface area contributed by atoms with Crippen LogP contribution in [0, 0.1) is 34.5 Å². The molecule has 1 aromatic rings. The number of amides is 3. The highest BCUT2D eigenvalue weighted by atomic mass is 16.2. The number of rotatable bonds is 6. The molecule has 2 aliphatic carbocycles. The number of aromatic nitrogens is 2. The van der Waals surface area contributed by atoms with Crippen molar-refractivity contribution < 1.29 is 14.4 Å². The summed E-state index contributed by atoms with van der Waals surface area (Å²) in [7, 11) is 0. The van der Waals surface area contributed by atoms with Crippen molar-refractivity contribution in [3.8, 4) is 6.07 Å². The second kappa shape index (κ2) is 10.9. The molecule has 9 nitrogen and oxygen atoms in total. The van der Waals surface area contributed by atoms with Crippen LogP contribution in [-0.4, -0.2) is 57.3 Å². The molecule has 1 aromatic heterocycles. The van der Waals surface area contributed by atoms with Gasteiger partial charge < -0.3 is 15.5 Å². The van der Waals surface area contributed by atoms with Crippen molar-refractivity contribution in [1.82, 2.24) is 25.5 Å². The predicted octanol–water partition coefficient (Wildman–Crippen LogP) is 2.84. The molecule has 2 N–H and O–H groups in total. The molecule has 0 bridgehead atoms. The summed E-state index contributed by atoms with van der Waals surface area (Å²) < 4.78 is 0. The molecule has 3 unspecified atom stereocenters. The normalized spacial score (nSPS) is 25.9. The zero-order valence-electron chi connectivity index (χ0n) is 21.6. The minimum atomic E-state index is -0.806. The summed E-state index contributed by atoms with van der Waals surface area (Å²) in [6.07, 6.45) is 12.2. The highest BCUT2D eigenvalue weighted by Crippen LogP contribution is 2.42. The van der Waals surface area contributed by atoms with Crippen molar-refractivity contribution in [2.45, 2.75) is 90.3 Å². The van der Waals surface area contributed by atoms with Crippen molar-refractivity contribution in [1.29, 1.82) is 5.26 Å². The van der Waals surface area contributed by atoms with Crippen LogP contribution in [0.5, 0.6) is 0 Å². The molecule has 3 aliphatic rings. The summed E-state index contributed by atoms with van der Waals surface area (Å²) in [6, 6.07) is 0.338. The Balaban J connectivity index is 1.54. The van der Waals surface area contributed by atoms with Gasteiger partial charge in [0, 0.05) is 18.9 Å². The summed E-state index contributed by atoms with van der Waals surface area (Å²) in [5.74, 6) is -0.468. The van der Waals surface area contributed by atoms with Crippen molar-refractivity contribution >= 4 is 17.7 Å². The lowest BCUT2D eigenvalue weighted by molar-refractivity contribution is -0.140. The number of carbonyl (C=O) groups excluding carboxylic acids is 3. The third-order valence-electron chi connectivity index (χ3n) is 8.19. The first kappa shape index (κ1) is 26.1. The summed E-state index contributed by atoms with van der Waals surface area (Å²) in [6.45, 7) is 6.32. The van der Waals surface area contributed by atoms with E-state index >= 15 is 0 Å². The number of nitrogens with one attached hydrogen (secondary N) is 2. The molecule has 36 heavy (non-hydrogen) atoms. The average Bonchev–Trinajstić information content (AvgIpc) is 3.47. The van der Waals surface area contributed by atoms with Gasteiger partial charge in [0.2, 0.25) is 11.8 Å². The molecule has 2 saturated carbocycles. The van der Waals surface area contributed by atoms with Gasteiger partial charge in [0.1, 0.15) is 23.8 Å². The molecule has 3 amide bonds. The standard InChI is InChI=1S/C27H38N6O3/c1-27(2,3)23(26(36)33-16-18-10-7-11-19(18)21(33)14-28)32-25(35)22(17-8-5-4-6-9-17)31-24(34)20-15-29-12-13-30-20/h12-13,15,17-19,21-23H,4-11,16H2,1-3H3,(H,31,34)(H,32,35)/t18?,19?,21?,22-,23+/m0/s1. The van der Waals surface area contributed by atoms with Crippen LogP contribution in [0.15, 0.2) is 18.6 Å². The highest BCUT2D eigenvalue weighted by molar-refractivity contribution is 5.97. The quantitative estimate of drug-likeness (QED) is 0.626. The van der Waals surface area contributed by atoms with E-state index in [4.69, 9.17) is 0 Å². The maximum Gasteiger partial charge on any atom is 0.272 e. The molecule has 3 fully saturated rings. The van der Waals surface area contributed by atoms with Crippen LogP contribution >= 0.6 is 0 Å². The lowest BCUT2D eigenvalue weighted by atomic mass is 9.82. The Hall–Kier alpha value is -3.02. The number of hydrogen-bond acceptors (Lipinski definition) is 6. The van der Waals surface area contributed by atoms with Gasteiger partial charge in [-0.3, -0.25) is 19.4 Å². The number of likely N-dealkylation sites (tertiary alicyclic amines) is 1. The fourth-order valence-corrected chi connectivity index (χ4v) is 6.24. The van der Waals surface area contributed by atoms with Crippen LogP contribution in [0.4, 0.5) is 0 Å². The Morgan fingerprint density at radius 1 is 1.06 bits per heavy atom.